The number of nitro groups is 1. The molecule has 0 spiro atoms. The van der Waals surface area contributed by atoms with E-state index in [2.05, 4.69) is 10.6 Å². The highest BCUT2D eigenvalue weighted by molar-refractivity contribution is 6.34. The standard InChI is InChI=1S/C23H20ClN3O5/c1-15-6-9-17(10-7-15)32-13-12-25-22(28)19-4-2-3-5-21(19)26-23(29)18-11-8-16(27(30)31)14-20(18)24/h2-11,14H,12-13H2,1H3,(H,25,28)(H,26,29). The fourth-order valence-corrected chi connectivity index (χ4v) is 3.11. The zero-order chi connectivity index (χ0) is 23.1. The first-order valence-corrected chi connectivity index (χ1v) is 10.0. The van der Waals surface area contributed by atoms with E-state index in [4.69, 9.17) is 16.3 Å². The molecule has 32 heavy (non-hydrogen) atoms. The third-order valence-electron chi connectivity index (χ3n) is 4.51. The van der Waals surface area contributed by atoms with Gasteiger partial charge in [-0.15, -0.1) is 0 Å². The Bertz CT molecular complexity index is 1150. The van der Waals surface area contributed by atoms with Gasteiger partial charge in [-0.25, -0.2) is 0 Å². The molecule has 8 nitrogen and oxygen atoms in total. The van der Waals surface area contributed by atoms with Crippen molar-refractivity contribution in [1.82, 2.24) is 5.32 Å². The number of hydrogen-bond acceptors (Lipinski definition) is 5. The van der Waals surface area contributed by atoms with Crippen LogP contribution in [0.5, 0.6) is 5.75 Å². The minimum atomic E-state index is -0.601. The summed E-state index contributed by atoms with van der Waals surface area (Å²) in [6, 6.07) is 17.6. The second-order valence-electron chi connectivity index (χ2n) is 6.84. The van der Waals surface area contributed by atoms with Crippen LogP contribution in [0.4, 0.5) is 11.4 Å². The van der Waals surface area contributed by atoms with Crippen LogP contribution in [0, 0.1) is 17.0 Å². The number of nitrogens with one attached hydrogen (secondary N) is 2. The highest BCUT2D eigenvalue weighted by Gasteiger charge is 2.18. The average molecular weight is 454 g/mol. The molecule has 3 rings (SSSR count). The van der Waals surface area contributed by atoms with Crippen LogP contribution in [-0.2, 0) is 0 Å². The van der Waals surface area contributed by atoms with Crippen molar-refractivity contribution in [2.45, 2.75) is 6.92 Å². The Morgan fingerprint density at radius 2 is 1.72 bits per heavy atom. The highest BCUT2D eigenvalue weighted by atomic mass is 35.5. The molecule has 3 aromatic carbocycles. The molecule has 0 aliphatic carbocycles. The summed E-state index contributed by atoms with van der Waals surface area (Å²) in [5.74, 6) is -0.270. The summed E-state index contributed by atoms with van der Waals surface area (Å²) in [6.07, 6.45) is 0. The molecule has 0 atom stereocenters. The van der Waals surface area contributed by atoms with Gasteiger partial charge in [-0.2, -0.15) is 0 Å². The number of para-hydroxylation sites is 1. The summed E-state index contributed by atoms with van der Waals surface area (Å²) in [7, 11) is 0. The molecule has 0 unspecified atom stereocenters. The van der Waals surface area contributed by atoms with E-state index in [1.165, 1.54) is 12.1 Å². The zero-order valence-electron chi connectivity index (χ0n) is 17.1. The molecular weight excluding hydrogens is 434 g/mol. The number of carbonyl (C=O) groups excluding carboxylic acids is 2. The van der Waals surface area contributed by atoms with Gasteiger partial charge in [0.05, 0.1) is 33.3 Å². The number of rotatable bonds is 8. The van der Waals surface area contributed by atoms with Crippen LogP contribution in [0.2, 0.25) is 5.02 Å². The molecule has 0 radical (unpaired) electrons. The number of anilines is 1. The van der Waals surface area contributed by atoms with Crippen molar-refractivity contribution in [3.05, 3.63) is 98.6 Å². The van der Waals surface area contributed by atoms with E-state index in [0.29, 0.717) is 5.75 Å². The molecule has 3 aromatic rings. The average Bonchev–Trinajstić information content (AvgIpc) is 2.78. The molecule has 0 saturated heterocycles. The lowest BCUT2D eigenvalue weighted by Crippen LogP contribution is -2.29. The first-order valence-electron chi connectivity index (χ1n) is 9.67. The SMILES string of the molecule is Cc1ccc(OCCNC(=O)c2ccccc2NC(=O)c2ccc([N+](=O)[O-])cc2Cl)cc1. The number of nitrogens with zero attached hydrogens (tertiary/aromatic N) is 1. The van der Waals surface area contributed by atoms with Gasteiger partial charge >= 0.3 is 0 Å². The van der Waals surface area contributed by atoms with Crippen LogP contribution in [0.25, 0.3) is 0 Å². The lowest BCUT2D eigenvalue weighted by atomic mass is 10.1. The fourth-order valence-electron chi connectivity index (χ4n) is 2.84. The number of benzene rings is 3. The Kier molecular flexibility index (Phi) is 7.41. The predicted molar refractivity (Wildman–Crippen MR) is 122 cm³/mol. The smallest absolute Gasteiger partial charge is 0.270 e. The molecular formula is C23H20ClN3O5. The first-order chi connectivity index (χ1) is 15.3. The van der Waals surface area contributed by atoms with Gasteiger partial charge in [-0.3, -0.25) is 19.7 Å². The molecule has 0 fully saturated rings. The fraction of sp³-hybridized carbons (Fsp3) is 0.130. The maximum absolute atomic E-state index is 12.6. The number of amides is 2. The maximum Gasteiger partial charge on any atom is 0.270 e. The second-order valence-corrected chi connectivity index (χ2v) is 7.25. The molecule has 9 heteroatoms. The lowest BCUT2D eigenvalue weighted by molar-refractivity contribution is -0.384. The monoisotopic (exact) mass is 453 g/mol. The Morgan fingerprint density at radius 3 is 2.41 bits per heavy atom. The summed E-state index contributed by atoms with van der Waals surface area (Å²) >= 11 is 6.02. The quantitative estimate of drug-likeness (QED) is 0.294. The molecule has 164 valence electrons. The largest absolute Gasteiger partial charge is 0.492 e. The number of hydrogen-bond donors (Lipinski definition) is 2. The number of ether oxygens (including phenoxy) is 1. The van der Waals surface area contributed by atoms with Gasteiger partial charge in [0.15, 0.2) is 0 Å². The molecule has 2 N–H and O–H groups in total. The Balaban J connectivity index is 1.62. The normalized spacial score (nSPS) is 10.3. The van der Waals surface area contributed by atoms with E-state index in [0.717, 1.165) is 11.6 Å². The number of nitro benzene ring substituents is 1. The molecule has 2 amide bonds. The van der Waals surface area contributed by atoms with Crippen molar-refractivity contribution in [2.75, 3.05) is 18.5 Å². The summed E-state index contributed by atoms with van der Waals surface area (Å²) < 4.78 is 5.59. The van der Waals surface area contributed by atoms with Crippen LogP contribution >= 0.6 is 11.6 Å². The van der Waals surface area contributed by atoms with Crippen molar-refractivity contribution in [2.24, 2.45) is 0 Å². The second kappa shape index (κ2) is 10.4. The van der Waals surface area contributed by atoms with Crippen LogP contribution in [0.3, 0.4) is 0 Å². The number of halogens is 1. The van der Waals surface area contributed by atoms with Crippen molar-refractivity contribution >= 4 is 34.8 Å². The van der Waals surface area contributed by atoms with Crippen molar-refractivity contribution < 1.29 is 19.2 Å². The van der Waals surface area contributed by atoms with Gasteiger partial charge in [0.25, 0.3) is 17.5 Å². The van der Waals surface area contributed by atoms with Gasteiger partial charge in [0.1, 0.15) is 12.4 Å². The molecule has 0 aromatic heterocycles. The third-order valence-corrected chi connectivity index (χ3v) is 4.82. The summed E-state index contributed by atoms with van der Waals surface area (Å²) in [5.41, 5.74) is 1.50. The first kappa shape index (κ1) is 22.8. The van der Waals surface area contributed by atoms with Gasteiger partial charge in [-0.1, -0.05) is 41.4 Å². The molecule has 0 heterocycles. The summed E-state index contributed by atoms with van der Waals surface area (Å²) in [5, 5.41) is 16.2. The molecule has 0 bridgehead atoms. The Morgan fingerprint density at radius 1 is 1.00 bits per heavy atom. The van der Waals surface area contributed by atoms with E-state index in [9.17, 15) is 19.7 Å². The minimum Gasteiger partial charge on any atom is -0.492 e. The van der Waals surface area contributed by atoms with E-state index in [-0.39, 0.29) is 46.6 Å². The van der Waals surface area contributed by atoms with Crippen molar-refractivity contribution in [3.63, 3.8) is 0 Å². The van der Waals surface area contributed by atoms with E-state index >= 15 is 0 Å². The Labute approximate surface area is 189 Å². The minimum absolute atomic E-state index is 0.0546. The summed E-state index contributed by atoms with van der Waals surface area (Å²) in [4.78, 5) is 35.5. The van der Waals surface area contributed by atoms with Crippen molar-refractivity contribution in [1.29, 1.82) is 0 Å². The van der Waals surface area contributed by atoms with E-state index in [1.54, 1.807) is 24.3 Å². The molecule has 0 aliphatic heterocycles. The maximum atomic E-state index is 12.6. The van der Waals surface area contributed by atoms with E-state index in [1.807, 2.05) is 31.2 Å². The van der Waals surface area contributed by atoms with Crippen molar-refractivity contribution in [3.8, 4) is 5.75 Å². The van der Waals surface area contributed by atoms with Gasteiger partial charge in [0, 0.05) is 12.1 Å². The zero-order valence-corrected chi connectivity index (χ0v) is 17.9. The van der Waals surface area contributed by atoms with Crippen LogP contribution < -0.4 is 15.4 Å². The predicted octanol–water partition coefficient (Wildman–Crippen LogP) is 4.62. The van der Waals surface area contributed by atoms with Crippen LogP contribution in [-0.4, -0.2) is 29.9 Å². The molecule has 0 saturated carbocycles. The topological polar surface area (TPSA) is 111 Å². The number of non-ortho nitro benzene ring substituents is 1. The highest BCUT2D eigenvalue weighted by Crippen LogP contribution is 2.24. The van der Waals surface area contributed by atoms with Gasteiger partial charge in [0.2, 0.25) is 0 Å². The number of carbonyl (C=O) groups is 2. The van der Waals surface area contributed by atoms with Crippen LogP contribution in [0.15, 0.2) is 66.7 Å². The van der Waals surface area contributed by atoms with Crippen LogP contribution in [0.1, 0.15) is 26.3 Å². The van der Waals surface area contributed by atoms with Gasteiger partial charge in [-0.05, 0) is 37.3 Å². The third kappa shape index (κ3) is 5.83. The summed E-state index contributed by atoms with van der Waals surface area (Å²) in [6.45, 7) is 2.53. The van der Waals surface area contributed by atoms with Gasteiger partial charge < -0.3 is 15.4 Å². The molecule has 0 aliphatic rings. The van der Waals surface area contributed by atoms with E-state index < -0.39 is 10.8 Å². The number of aryl methyl sites for hydroxylation is 1. The lowest BCUT2D eigenvalue weighted by Gasteiger charge is -2.12. The Hall–Kier alpha value is -3.91.